The molecule has 0 spiro atoms. The van der Waals surface area contributed by atoms with Gasteiger partial charge in [0.1, 0.15) is 5.75 Å². The fourth-order valence-corrected chi connectivity index (χ4v) is 4.67. The fraction of sp³-hybridized carbons (Fsp3) is 0.462. The van der Waals surface area contributed by atoms with Crippen LogP contribution >= 0.6 is 0 Å². The van der Waals surface area contributed by atoms with E-state index in [1.807, 2.05) is 0 Å². The number of anilines is 1. The topological polar surface area (TPSA) is 87.7 Å². The van der Waals surface area contributed by atoms with Gasteiger partial charge in [-0.1, -0.05) is 32.9 Å². The number of ether oxygens (including phenoxy) is 1. The van der Waals surface area contributed by atoms with Gasteiger partial charge in [-0.2, -0.15) is 0 Å². The Morgan fingerprint density at radius 1 is 0.943 bits per heavy atom. The van der Waals surface area contributed by atoms with Crippen molar-refractivity contribution in [3.8, 4) is 5.75 Å². The predicted octanol–water partition coefficient (Wildman–Crippen LogP) is 7.00. The summed E-state index contributed by atoms with van der Waals surface area (Å²) in [5.41, 5.74) is 1.48. The highest BCUT2D eigenvalue weighted by Gasteiger charge is 2.34. The van der Waals surface area contributed by atoms with E-state index >= 15 is 0 Å². The molecule has 0 saturated heterocycles. The number of carbonyl (C=O) groups is 2. The number of nitrogens with one attached hydrogen (secondary N) is 2. The van der Waals surface area contributed by atoms with Crippen LogP contribution < -0.4 is 15.4 Å². The Kier molecular flexibility index (Phi) is 7.97. The Morgan fingerprint density at radius 2 is 1.51 bits per heavy atom. The third kappa shape index (κ3) is 7.63. The minimum atomic E-state index is -4.79. The van der Waals surface area contributed by atoms with E-state index in [1.54, 1.807) is 12.1 Å². The molecule has 0 heterocycles. The number of carboxylic acid groups (broad SMARTS) is 1. The Labute approximate surface area is 202 Å². The molecule has 3 N–H and O–H groups in total. The second-order valence-corrected chi connectivity index (χ2v) is 10.1. The van der Waals surface area contributed by atoms with E-state index in [4.69, 9.17) is 0 Å². The molecule has 0 radical (unpaired) electrons. The summed E-state index contributed by atoms with van der Waals surface area (Å²) in [6, 6.07) is 10.5. The molecule has 9 heteroatoms. The first-order chi connectivity index (χ1) is 16.3. The summed E-state index contributed by atoms with van der Waals surface area (Å²) in [4.78, 5) is 24.1. The zero-order chi connectivity index (χ0) is 25.8. The Bertz CT molecular complexity index is 1010. The number of carboxylic acids is 1. The average Bonchev–Trinajstić information content (AvgIpc) is 2.77. The van der Waals surface area contributed by atoms with Crippen LogP contribution in [0.5, 0.6) is 5.75 Å². The van der Waals surface area contributed by atoms with Crippen LogP contribution in [0.3, 0.4) is 0 Å². The van der Waals surface area contributed by atoms with Crippen molar-refractivity contribution in [2.45, 2.75) is 58.9 Å². The van der Waals surface area contributed by atoms with Crippen molar-refractivity contribution in [1.82, 2.24) is 5.32 Å². The van der Waals surface area contributed by atoms with E-state index < -0.39 is 18.4 Å². The van der Waals surface area contributed by atoms with Crippen LogP contribution in [0.15, 0.2) is 48.5 Å². The van der Waals surface area contributed by atoms with E-state index in [0.717, 1.165) is 43.4 Å². The van der Waals surface area contributed by atoms with Gasteiger partial charge in [-0.05, 0) is 84.9 Å². The molecule has 35 heavy (non-hydrogen) atoms. The average molecular weight is 493 g/mol. The molecule has 1 unspecified atom stereocenters. The maximum atomic E-state index is 12.8. The van der Waals surface area contributed by atoms with Gasteiger partial charge >= 0.3 is 18.4 Å². The van der Waals surface area contributed by atoms with Gasteiger partial charge in [-0.3, -0.25) is 0 Å². The van der Waals surface area contributed by atoms with Crippen LogP contribution in [-0.2, 0) is 0 Å². The number of rotatable bonds is 6. The number of hydrogen-bond acceptors (Lipinski definition) is 3. The van der Waals surface area contributed by atoms with Crippen molar-refractivity contribution in [3.05, 3.63) is 59.7 Å². The second kappa shape index (κ2) is 10.6. The third-order valence-corrected chi connectivity index (χ3v) is 6.62. The number of benzene rings is 2. The molecule has 2 aromatic carbocycles. The first kappa shape index (κ1) is 26.4. The minimum Gasteiger partial charge on any atom is -0.478 e. The van der Waals surface area contributed by atoms with E-state index in [0.29, 0.717) is 11.6 Å². The third-order valence-electron chi connectivity index (χ3n) is 6.62. The highest BCUT2D eigenvalue weighted by molar-refractivity contribution is 5.90. The number of carbonyl (C=O) groups excluding carboxylic acids is 1. The van der Waals surface area contributed by atoms with E-state index in [2.05, 4.69) is 36.1 Å². The van der Waals surface area contributed by atoms with Gasteiger partial charge in [0.15, 0.2) is 0 Å². The summed E-state index contributed by atoms with van der Waals surface area (Å²) in [5.74, 6) is -0.657. The molecule has 0 aliphatic heterocycles. The minimum absolute atomic E-state index is 0.162. The number of hydrogen-bond donors (Lipinski definition) is 3. The van der Waals surface area contributed by atoms with Crippen LogP contribution in [0.2, 0.25) is 0 Å². The molecule has 2 amide bonds. The van der Waals surface area contributed by atoms with Crippen LogP contribution in [0.25, 0.3) is 0 Å². The van der Waals surface area contributed by atoms with Gasteiger partial charge in [0.2, 0.25) is 0 Å². The number of aromatic carboxylic acids is 1. The lowest BCUT2D eigenvalue weighted by molar-refractivity contribution is -0.274. The molecule has 2 aromatic rings. The van der Waals surface area contributed by atoms with E-state index in [9.17, 15) is 27.9 Å². The summed E-state index contributed by atoms with van der Waals surface area (Å²) >= 11 is 0. The lowest BCUT2D eigenvalue weighted by Crippen LogP contribution is -2.38. The first-order valence-electron chi connectivity index (χ1n) is 11.6. The standard InChI is InChI=1S/C26H31F3N2O4/c1-25(2,3)19-10-8-17(9-11-19)22(16-4-6-18(7-5-16)23(32)33)31-24(34)30-20-12-14-21(15-13-20)35-26(27,28)29/h4-7,12-15,17,19,22H,8-11H2,1-3H3,(H,32,33)(H2,30,31,34). The highest BCUT2D eigenvalue weighted by Crippen LogP contribution is 2.43. The van der Waals surface area contributed by atoms with Gasteiger partial charge in [0.05, 0.1) is 11.6 Å². The van der Waals surface area contributed by atoms with Gasteiger partial charge in [0, 0.05) is 5.69 Å². The molecule has 1 saturated carbocycles. The molecule has 1 aliphatic rings. The van der Waals surface area contributed by atoms with Crippen molar-refractivity contribution in [2.75, 3.05) is 5.32 Å². The molecule has 1 aliphatic carbocycles. The monoisotopic (exact) mass is 492 g/mol. The van der Waals surface area contributed by atoms with Crippen molar-refractivity contribution in [3.63, 3.8) is 0 Å². The Hall–Kier alpha value is -3.23. The molecular weight excluding hydrogens is 461 g/mol. The maximum absolute atomic E-state index is 12.8. The van der Waals surface area contributed by atoms with Crippen molar-refractivity contribution in [2.24, 2.45) is 17.3 Å². The van der Waals surface area contributed by atoms with Crippen molar-refractivity contribution in [1.29, 1.82) is 0 Å². The smallest absolute Gasteiger partial charge is 0.478 e. The predicted molar refractivity (Wildman–Crippen MR) is 126 cm³/mol. The van der Waals surface area contributed by atoms with Gasteiger partial charge < -0.3 is 20.5 Å². The lowest BCUT2D eigenvalue weighted by atomic mass is 9.68. The first-order valence-corrected chi connectivity index (χ1v) is 11.6. The summed E-state index contributed by atoms with van der Waals surface area (Å²) in [7, 11) is 0. The molecule has 0 aromatic heterocycles. The van der Waals surface area contributed by atoms with Crippen LogP contribution in [-0.4, -0.2) is 23.5 Å². The van der Waals surface area contributed by atoms with Gasteiger partial charge in [-0.15, -0.1) is 13.2 Å². The van der Waals surface area contributed by atoms with Crippen molar-refractivity contribution >= 4 is 17.7 Å². The zero-order valence-corrected chi connectivity index (χ0v) is 20.0. The van der Waals surface area contributed by atoms with Gasteiger partial charge in [-0.25, -0.2) is 9.59 Å². The molecule has 0 bridgehead atoms. The largest absolute Gasteiger partial charge is 0.573 e. The Balaban J connectivity index is 1.72. The summed E-state index contributed by atoms with van der Waals surface area (Å²) in [6.07, 6.45) is -0.903. The summed E-state index contributed by atoms with van der Waals surface area (Å²) in [5, 5.41) is 14.9. The van der Waals surface area contributed by atoms with Crippen LogP contribution in [0, 0.1) is 17.3 Å². The lowest BCUT2D eigenvalue weighted by Gasteiger charge is -2.39. The quantitative estimate of drug-likeness (QED) is 0.405. The van der Waals surface area contributed by atoms with Gasteiger partial charge in [0.25, 0.3) is 0 Å². The number of halogens is 3. The maximum Gasteiger partial charge on any atom is 0.573 e. The fourth-order valence-electron chi connectivity index (χ4n) is 4.67. The zero-order valence-electron chi connectivity index (χ0n) is 20.0. The number of alkyl halides is 3. The SMILES string of the molecule is CC(C)(C)C1CCC(C(NC(=O)Nc2ccc(OC(F)(F)F)cc2)c2ccc(C(=O)O)cc2)CC1. The molecule has 6 nitrogen and oxygen atoms in total. The summed E-state index contributed by atoms with van der Waals surface area (Å²) < 4.78 is 40.9. The summed E-state index contributed by atoms with van der Waals surface area (Å²) in [6.45, 7) is 6.70. The van der Waals surface area contributed by atoms with E-state index in [-0.39, 0.29) is 28.7 Å². The highest BCUT2D eigenvalue weighted by atomic mass is 19.4. The van der Waals surface area contributed by atoms with Crippen LogP contribution in [0.1, 0.15) is 68.4 Å². The normalized spacial score (nSPS) is 19.5. The molecular formula is C26H31F3N2O4. The second-order valence-electron chi connectivity index (χ2n) is 10.1. The van der Waals surface area contributed by atoms with Crippen LogP contribution in [0.4, 0.5) is 23.7 Å². The number of urea groups is 1. The molecule has 3 rings (SSSR count). The Morgan fingerprint density at radius 3 is 2.00 bits per heavy atom. The molecule has 190 valence electrons. The van der Waals surface area contributed by atoms with Crippen molar-refractivity contribution < 1.29 is 32.6 Å². The van der Waals surface area contributed by atoms with E-state index in [1.165, 1.54) is 24.3 Å². The molecule has 1 fully saturated rings. The molecule has 1 atom stereocenters. The number of amides is 2.